The zero-order chi connectivity index (χ0) is 9.68. The Bertz CT molecular complexity index is 242. The van der Waals surface area contributed by atoms with E-state index in [1.165, 1.54) is 0 Å². The molecule has 0 unspecified atom stereocenters. The fourth-order valence-electron chi connectivity index (χ4n) is 1.23. The minimum absolute atomic E-state index is 0.672. The van der Waals surface area contributed by atoms with Crippen molar-refractivity contribution in [2.75, 3.05) is 27.2 Å². The molecule has 1 aromatic heterocycles. The van der Waals surface area contributed by atoms with Gasteiger partial charge < -0.3 is 15.2 Å². The molecule has 0 saturated carbocycles. The maximum Gasteiger partial charge on any atom is 0.109 e. The van der Waals surface area contributed by atoms with E-state index in [1.54, 1.807) is 0 Å². The van der Waals surface area contributed by atoms with Crippen LogP contribution in [0, 0.1) is 0 Å². The fourth-order valence-corrected chi connectivity index (χ4v) is 1.23. The molecule has 0 radical (unpaired) electrons. The number of likely N-dealkylation sites (N-methyl/N-ethyl adjacent to an activating group) is 1. The number of nitrogens with two attached hydrogens (primary N) is 1. The zero-order valence-electron chi connectivity index (χ0n) is 8.40. The number of aromatic nitrogens is 2. The summed E-state index contributed by atoms with van der Waals surface area (Å²) in [4.78, 5) is 6.44. The highest BCUT2D eigenvalue weighted by molar-refractivity contribution is 4.93. The third-order valence-electron chi connectivity index (χ3n) is 1.95. The molecule has 4 heteroatoms. The second-order valence-corrected chi connectivity index (χ2v) is 3.38. The third-order valence-corrected chi connectivity index (χ3v) is 1.95. The van der Waals surface area contributed by atoms with Gasteiger partial charge in [-0.2, -0.15) is 0 Å². The van der Waals surface area contributed by atoms with Gasteiger partial charge in [-0.15, -0.1) is 0 Å². The van der Waals surface area contributed by atoms with E-state index in [2.05, 4.69) is 28.5 Å². The third kappa shape index (κ3) is 3.16. The molecule has 2 N–H and O–H groups in total. The van der Waals surface area contributed by atoms with Gasteiger partial charge in [-0.25, -0.2) is 4.98 Å². The van der Waals surface area contributed by atoms with E-state index >= 15 is 0 Å². The van der Waals surface area contributed by atoms with Gasteiger partial charge in [0.15, 0.2) is 0 Å². The van der Waals surface area contributed by atoms with E-state index in [0.29, 0.717) is 6.54 Å². The van der Waals surface area contributed by atoms with Crippen molar-refractivity contribution in [1.29, 1.82) is 0 Å². The van der Waals surface area contributed by atoms with Crippen molar-refractivity contribution in [3.05, 3.63) is 18.2 Å². The molecule has 0 saturated heterocycles. The first-order valence-corrected chi connectivity index (χ1v) is 4.59. The molecule has 1 heterocycles. The fraction of sp³-hybridized carbons (Fsp3) is 0.667. The maximum atomic E-state index is 5.49. The van der Waals surface area contributed by atoms with E-state index in [0.717, 1.165) is 25.3 Å². The first-order valence-electron chi connectivity index (χ1n) is 4.59. The summed E-state index contributed by atoms with van der Waals surface area (Å²) in [6, 6.07) is 0. The summed E-state index contributed by atoms with van der Waals surface area (Å²) in [6.45, 7) is 2.57. The van der Waals surface area contributed by atoms with Crippen LogP contribution in [0.15, 0.2) is 12.4 Å². The number of imidazole rings is 1. The van der Waals surface area contributed by atoms with E-state index in [1.807, 2.05) is 12.4 Å². The van der Waals surface area contributed by atoms with Crippen LogP contribution in [0.4, 0.5) is 0 Å². The smallest absolute Gasteiger partial charge is 0.109 e. The molecule has 0 spiro atoms. The van der Waals surface area contributed by atoms with Gasteiger partial charge in [-0.3, -0.25) is 0 Å². The molecule has 0 aliphatic rings. The summed E-state index contributed by atoms with van der Waals surface area (Å²) in [5.41, 5.74) is 5.49. The molecular weight excluding hydrogens is 164 g/mol. The standard InChI is InChI=1S/C9H18N4/c1-12(2)6-3-9-11-5-8-13(9)7-4-10/h5,8H,3-4,6-7,10H2,1-2H3. The van der Waals surface area contributed by atoms with Gasteiger partial charge in [0, 0.05) is 38.4 Å². The van der Waals surface area contributed by atoms with Crippen molar-refractivity contribution in [2.45, 2.75) is 13.0 Å². The maximum absolute atomic E-state index is 5.49. The van der Waals surface area contributed by atoms with Gasteiger partial charge in [0.05, 0.1) is 0 Å². The Kier molecular flexibility index (Phi) is 3.92. The predicted octanol–water partition coefficient (Wildman–Crippen LogP) is -0.0541. The Morgan fingerprint density at radius 3 is 2.92 bits per heavy atom. The van der Waals surface area contributed by atoms with Crippen LogP contribution in [0.2, 0.25) is 0 Å². The van der Waals surface area contributed by atoms with Gasteiger partial charge in [0.1, 0.15) is 5.82 Å². The van der Waals surface area contributed by atoms with E-state index in [9.17, 15) is 0 Å². The Morgan fingerprint density at radius 1 is 1.54 bits per heavy atom. The van der Waals surface area contributed by atoms with E-state index in [4.69, 9.17) is 5.73 Å². The Morgan fingerprint density at radius 2 is 2.31 bits per heavy atom. The second kappa shape index (κ2) is 4.99. The molecule has 0 aromatic carbocycles. The average molecular weight is 182 g/mol. The lowest BCUT2D eigenvalue weighted by Gasteiger charge is -2.10. The molecule has 1 rings (SSSR count). The minimum atomic E-state index is 0.672. The van der Waals surface area contributed by atoms with Crippen LogP contribution in [0.5, 0.6) is 0 Å². The van der Waals surface area contributed by atoms with Crippen LogP contribution in [0.1, 0.15) is 5.82 Å². The Balaban J connectivity index is 2.49. The van der Waals surface area contributed by atoms with E-state index in [-0.39, 0.29) is 0 Å². The molecule has 0 bridgehead atoms. The molecule has 13 heavy (non-hydrogen) atoms. The van der Waals surface area contributed by atoms with Crippen LogP contribution in [-0.4, -0.2) is 41.6 Å². The first kappa shape index (κ1) is 10.2. The van der Waals surface area contributed by atoms with Crippen LogP contribution in [0.3, 0.4) is 0 Å². The number of nitrogens with zero attached hydrogens (tertiary/aromatic N) is 3. The summed E-state index contributed by atoms with van der Waals surface area (Å²) in [5.74, 6) is 1.12. The van der Waals surface area contributed by atoms with Gasteiger partial charge in [-0.05, 0) is 14.1 Å². The molecule has 4 nitrogen and oxygen atoms in total. The minimum Gasteiger partial charge on any atom is -0.334 e. The number of hydrogen-bond donors (Lipinski definition) is 1. The highest BCUT2D eigenvalue weighted by Crippen LogP contribution is 1.98. The lowest BCUT2D eigenvalue weighted by atomic mass is 10.4. The average Bonchev–Trinajstić information content (AvgIpc) is 2.49. The topological polar surface area (TPSA) is 47.1 Å². The van der Waals surface area contributed by atoms with Crippen LogP contribution in [0.25, 0.3) is 0 Å². The second-order valence-electron chi connectivity index (χ2n) is 3.38. The van der Waals surface area contributed by atoms with Crippen molar-refractivity contribution >= 4 is 0 Å². The predicted molar refractivity (Wildman–Crippen MR) is 53.5 cm³/mol. The lowest BCUT2D eigenvalue weighted by Crippen LogP contribution is -2.18. The molecule has 0 aliphatic carbocycles. The normalized spacial score (nSPS) is 11.1. The molecule has 1 aromatic rings. The van der Waals surface area contributed by atoms with E-state index < -0.39 is 0 Å². The van der Waals surface area contributed by atoms with Gasteiger partial charge in [0.25, 0.3) is 0 Å². The monoisotopic (exact) mass is 182 g/mol. The summed E-state index contributed by atoms with van der Waals surface area (Å²) >= 11 is 0. The van der Waals surface area contributed by atoms with Gasteiger partial charge in [-0.1, -0.05) is 0 Å². The number of rotatable bonds is 5. The van der Waals surface area contributed by atoms with Crippen molar-refractivity contribution in [3.8, 4) is 0 Å². The summed E-state index contributed by atoms with van der Waals surface area (Å²) in [6.07, 6.45) is 4.80. The summed E-state index contributed by atoms with van der Waals surface area (Å²) < 4.78 is 2.11. The highest BCUT2D eigenvalue weighted by atomic mass is 15.1. The molecule has 0 fully saturated rings. The zero-order valence-corrected chi connectivity index (χ0v) is 8.40. The quantitative estimate of drug-likeness (QED) is 0.694. The van der Waals surface area contributed by atoms with Crippen molar-refractivity contribution in [2.24, 2.45) is 5.73 Å². The van der Waals surface area contributed by atoms with Gasteiger partial charge in [0.2, 0.25) is 0 Å². The highest BCUT2D eigenvalue weighted by Gasteiger charge is 2.01. The Hall–Kier alpha value is -0.870. The number of hydrogen-bond acceptors (Lipinski definition) is 3. The van der Waals surface area contributed by atoms with Gasteiger partial charge >= 0.3 is 0 Å². The van der Waals surface area contributed by atoms with Crippen molar-refractivity contribution in [3.63, 3.8) is 0 Å². The van der Waals surface area contributed by atoms with Crippen molar-refractivity contribution < 1.29 is 0 Å². The molecule has 74 valence electrons. The molecule has 0 aliphatic heterocycles. The SMILES string of the molecule is CN(C)CCc1nccn1CCN. The van der Waals surface area contributed by atoms with Crippen LogP contribution in [-0.2, 0) is 13.0 Å². The first-order chi connectivity index (χ1) is 6.24. The molecular formula is C9H18N4. The largest absolute Gasteiger partial charge is 0.334 e. The Labute approximate surface area is 79.4 Å². The molecule has 0 amide bonds. The van der Waals surface area contributed by atoms with Crippen molar-refractivity contribution in [1.82, 2.24) is 14.5 Å². The van der Waals surface area contributed by atoms with Crippen LogP contribution >= 0.6 is 0 Å². The lowest BCUT2D eigenvalue weighted by molar-refractivity contribution is 0.406. The summed E-state index contributed by atoms with van der Waals surface area (Å²) in [5, 5.41) is 0. The van der Waals surface area contributed by atoms with Crippen LogP contribution < -0.4 is 5.73 Å². The molecule has 0 atom stereocenters. The summed E-state index contributed by atoms with van der Waals surface area (Å²) in [7, 11) is 4.13.